The zero-order valence-corrected chi connectivity index (χ0v) is 7.46. The molecule has 0 saturated heterocycles. The van der Waals surface area contributed by atoms with Gasteiger partial charge in [0.05, 0.1) is 5.69 Å². The second kappa shape index (κ2) is 2.22. The van der Waals surface area contributed by atoms with Gasteiger partial charge in [0.25, 0.3) is 0 Å². The van der Waals surface area contributed by atoms with E-state index < -0.39 is 0 Å². The maximum atomic E-state index is 4.31. The van der Waals surface area contributed by atoms with Gasteiger partial charge in [0.2, 0.25) is 0 Å². The van der Waals surface area contributed by atoms with Crippen LogP contribution in [0.4, 0.5) is 0 Å². The molecule has 0 amide bonds. The first kappa shape index (κ1) is 6.89. The second-order valence-electron chi connectivity index (χ2n) is 3.51. The summed E-state index contributed by atoms with van der Waals surface area (Å²) in [6.07, 6.45) is 1.04. The number of nitrogens with zero attached hydrogens (tertiary/aromatic N) is 1. The fraction of sp³-hybridized carbons (Fsp3) is 0.182. The van der Waals surface area contributed by atoms with Crippen molar-refractivity contribution in [2.24, 2.45) is 0 Å². The minimum Gasteiger partial charge on any atom is -0.282 e. The molecule has 3 rings (SSSR count). The Morgan fingerprint density at radius 3 is 3.08 bits per heavy atom. The zero-order chi connectivity index (χ0) is 8.84. The molecule has 64 valence electrons. The highest BCUT2D eigenvalue weighted by molar-refractivity contribution is 5.73. The summed E-state index contributed by atoms with van der Waals surface area (Å²) in [5, 5.41) is 7.34. The van der Waals surface area contributed by atoms with Gasteiger partial charge in [-0.25, -0.2) is 0 Å². The van der Waals surface area contributed by atoms with Crippen molar-refractivity contribution >= 4 is 0 Å². The minimum absolute atomic E-state index is 1.04. The van der Waals surface area contributed by atoms with Crippen LogP contribution in [0.2, 0.25) is 0 Å². The van der Waals surface area contributed by atoms with Gasteiger partial charge in [0.15, 0.2) is 0 Å². The number of nitrogens with one attached hydrogen (secondary N) is 1. The summed E-state index contributed by atoms with van der Waals surface area (Å²) >= 11 is 0. The summed E-state index contributed by atoms with van der Waals surface area (Å²) in [5.41, 5.74) is 6.40. The van der Waals surface area contributed by atoms with Crippen molar-refractivity contribution in [3.63, 3.8) is 0 Å². The highest BCUT2D eigenvalue weighted by Gasteiger charge is 2.21. The summed E-state index contributed by atoms with van der Waals surface area (Å²) in [4.78, 5) is 0. The Morgan fingerprint density at radius 1 is 1.31 bits per heavy atom. The maximum Gasteiger partial charge on any atom is 0.0961 e. The predicted octanol–water partition coefficient (Wildman–Crippen LogP) is 2.29. The molecule has 0 spiro atoms. The molecule has 1 aromatic heterocycles. The summed E-state index contributed by atoms with van der Waals surface area (Å²) in [6.45, 7) is 2.08. The van der Waals surface area contributed by atoms with Crippen molar-refractivity contribution in [1.82, 2.24) is 10.2 Å². The monoisotopic (exact) mass is 170 g/mol. The lowest BCUT2D eigenvalue weighted by Crippen LogP contribution is -1.83. The van der Waals surface area contributed by atoms with Crippen LogP contribution in [0.5, 0.6) is 0 Å². The lowest BCUT2D eigenvalue weighted by atomic mass is 10.1. The van der Waals surface area contributed by atoms with Gasteiger partial charge in [0, 0.05) is 23.2 Å². The average molecular weight is 170 g/mol. The van der Waals surface area contributed by atoms with E-state index in [4.69, 9.17) is 0 Å². The van der Waals surface area contributed by atoms with E-state index in [0.29, 0.717) is 0 Å². The molecule has 0 radical (unpaired) electrons. The van der Waals surface area contributed by atoms with Crippen LogP contribution >= 0.6 is 0 Å². The molecule has 13 heavy (non-hydrogen) atoms. The van der Waals surface area contributed by atoms with Gasteiger partial charge < -0.3 is 0 Å². The third kappa shape index (κ3) is 0.800. The summed E-state index contributed by atoms with van der Waals surface area (Å²) in [7, 11) is 0. The van der Waals surface area contributed by atoms with Crippen molar-refractivity contribution in [3.8, 4) is 11.3 Å². The molecule has 2 aromatic rings. The average Bonchev–Trinajstić information content (AvgIpc) is 2.67. The van der Waals surface area contributed by atoms with Gasteiger partial charge in [-0.1, -0.05) is 24.3 Å². The van der Waals surface area contributed by atoms with Crippen molar-refractivity contribution in [1.29, 1.82) is 0 Å². The number of hydrogen-bond donors (Lipinski definition) is 1. The van der Waals surface area contributed by atoms with Gasteiger partial charge in [-0.15, -0.1) is 0 Å². The molecule has 0 unspecified atom stereocenters. The Morgan fingerprint density at radius 2 is 2.15 bits per heavy atom. The Balaban J connectivity index is 2.32. The van der Waals surface area contributed by atoms with Crippen LogP contribution in [-0.2, 0) is 6.42 Å². The van der Waals surface area contributed by atoms with Gasteiger partial charge >= 0.3 is 0 Å². The van der Waals surface area contributed by atoms with E-state index in [-0.39, 0.29) is 0 Å². The van der Waals surface area contributed by atoms with Crippen molar-refractivity contribution in [2.45, 2.75) is 13.3 Å². The smallest absolute Gasteiger partial charge is 0.0961 e. The topological polar surface area (TPSA) is 28.7 Å². The lowest BCUT2D eigenvalue weighted by molar-refractivity contribution is 1.04. The molecule has 2 nitrogen and oxygen atoms in total. The first-order valence-electron chi connectivity index (χ1n) is 4.48. The zero-order valence-electron chi connectivity index (χ0n) is 7.46. The summed E-state index contributed by atoms with van der Waals surface area (Å²) in [5.74, 6) is 0. The molecule has 1 aliphatic rings. The Labute approximate surface area is 76.6 Å². The predicted molar refractivity (Wildman–Crippen MR) is 51.6 cm³/mol. The highest BCUT2D eigenvalue weighted by atomic mass is 15.1. The number of hydrogen-bond acceptors (Lipinski definition) is 1. The van der Waals surface area contributed by atoms with E-state index in [2.05, 4.69) is 41.4 Å². The summed E-state index contributed by atoms with van der Waals surface area (Å²) in [6, 6.07) is 8.47. The molecule has 1 aliphatic carbocycles. The SMILES string of the molecule is Cc1[nH]nc2c1Cc1ccccc1-2. The minimum atomic E-state index is 1.04. The molecule has 0 aliphatic heterocycles. The van der Waals surface area contributed by atoms with Crippen LogP contribution in [0, 0.1) is 6.92 Å². The van der Waals surface area contributed by atoms with Crippen molar-refractivity contribution in [2.75, 3.05) is 0 Å². The second-order valence-corrected chi connectivity index (χ2v) is 3.51. The van der Waals surface area contributed by atoms with E-state index in [9.17, 15) is 0 Å². The largest absolute Gasteiger partial charge is 0.282 e. The van der Waals surface area contributed by atoms with Crippen LogP contribution in [0.15, 0.2) is 24.3 Å². The van der Waals surface area contributed by atoms with Crippen LogP contribution < -0.4 is 0 Å². The van der Waals surface area contributed by atoms with E-state index in [1.165, 1.54) is 22.4 Å². The molecule has 0 bridgehead atoms. The van der Waals surface area contributed by atoms with Crippen LogP contribution in [0.25, 0.3) is 11.3 Å². The molecular weight excluding hydrogens is 160 g/mol. The van der Waals surface area contributed by atoms with E-state index in [1.54, 1.807) is 0 Å². The number of H-pyrrole nitrogens is 1. The Bertz CT molecular complexity index is 469. The van der Waals surface area contributed by atoms with Crippen LogP contribution in [0.1, 0.15) is 16.8 Å². The Kier molecular flexibility index (Phi) is 1.18. The Hall–Kier alpha value is -1.57. The first-order valence-corrected chi connectivity index (χ1v) is 4.48. The van der Waals surface area contributed by atoms with Crippen molar-refractivity contribution < 1.29 is 0 Å². The first-order chi connectivity index (χ1) is 6.36. The normalized spacial score (nSPS) is 12.7. The number of aromatic amines is 1. The number of aromatic nitrogens is 2. The maximum absolute atomic E-state index is 4.31. The number of aryl methyl sites for hydroxylation is 1. The molecule has 2 heteroatoms. The third-order valence-electron chi connectivity index (χ3n) is 2.71. The quantitative estimate of drug-likeness (QED) is 0.551. The molecule has 0 fully saturated rings. The molecule has 0 saturated carbocycles. The fourth-order valence-corrected chi connectivity index (χ4v) is 1.99. The molecule has 1 heterocycles. The van der Waals surface area contributed by atoms with Crippen molar-refractivity contribution in [3.05, 3.63) is 41.1 Å². The fourth-order valence-electron chi connectivity index (χ4n) is 1.99. The molecule has 1 aromatic carbocycles. The highest BCUT2D eigenvalue weighted by Crippen LogP contribution is 2.35. The van der Waals surface area contributed by atoms with Crippen LogP contribution in [0.3, 0.4) is 0 Å². The third-order valence-corrected chi connectivity index (χ3v) is 2.71. The van der Waals surface area contributed by atoms with Gasteiger partial charge in [-0.2, -0.15) is 5.10 Å². The summed E-state index contributed by atoms with van der Waals surface area (Å²) < 4.78 is 0. The van der Waals surface area contributed by atoms with E-state index in [0.717, 1.165) is 12.1 Å². The van der Waals surface area contributed by atoms with Gasteiger partial charge in [-0.05, 0) is 12.5 Å². The van der Waals surface area contributed by atoms with Gasteiger partial charge in [-0.3, -0.25) is 5.10 Å². The molecular formula is C11H10N2. The number of fused-ring (bicyclic) bond motifs is 3. The molecule has 1 N–H and O–H groups in total. The number of rotatable bonds is 0. The number of benzene rings is 1. The van der Waals surface area contributed by atoms with Crippen LogP contribution in [-0.4, -0.2) is 10.2 Å². The van der Waals surface area contributed by atoms with E-state index in [1.807, 2.05) is 0 Å². The lowest BCUT2D eigenvalue weighted by Gasteiger charge is -1.95. The van der Waals surface area contributed by atoms with Gasteiger partial charge in [0.1, 0.15) is 0 Å². The molecule has 0 atom stereocenters. The van der Waals surface area contributed by atoms with E-state index >= 15 is 0 Å². The standard InChI is InChI=1S/C11H10N2/c1-7-10-6-8-4-2-3-5-9(8)11(10)13-12-7/h2-5H,6H2,1H3,(H,12,13).